The maximum Gasteiger partial charge on any atom is 0.416 e. The summed E-state index contributed by atoms with van der Waals surface area (Å²) in [5.74, 6) is 0. The summed E-state index contributed by atoms with van der Waals surface area (Å²) in [5.41, 5.74) is 0.233. The van der Waals surface area contributed by atoms with E-state index in [1.807, 2.05) is 16.9 Å². The molecule has 0 fully saturated rings. The van der Waals surface area contributed by atoms with E-state index < -0.39 is 11.7 Å². The van der Waals surface area contributed by atoms with Crippen molar-refractivity contribution in [2.24, 2.45) is 0 Å². The van der Waals surface area contributed by atoms with Gasteiger partial charge in [0.15, 0.2) is 0 Å². The second-order valence-corrected chi connectivity index (χ2v) is 4.49. The van der Waals surface area contributed by atoms with Crippen LogP contribution in [0.4, 0.5) is 13.2 Å². The van der Waals surface area contributed by atoms with Crippen molar-refractivity contribution in [1.29, 1.82) is 0 Å². The highest BCUT2D eigenvalue weighted by Gasteiger charge is 2.29. The molecule has 108 valence electrons. The molecule has 0 amide bonds. The topological polar surface area (TPSA) is 29.9 Å². The van der Waals surface area contributed by atoms with Gasteiger partial charge in [0.05, 0.1) is 5.56 Å². The SMILES string of the molecule is FC(F)(F)c1ccc(CNCCCn2cccn2)cc1. The molecule has 20 heavy (non-hydrogen) atoms. The van der Waals surface area contributed by atoms with Crippen molar-refractivity contribution in [2.75, 3.05) is 6.54 Å². The first kappa shape index (κ1) is 14.6. The van der Waals surface area contributed by atoms with Crippen LogP contribution in [-0.2, 0) is 19.3 Å². The molecular formula is C14H16F3N3. The van der Waals surface area contributed by atoms with Gasteiger partial charge in [0, 0.05) is 25.5 Å². The van der Waals surface area contributed by atoms with E-state index in [0.29, 0.717) is 6.54 Å². The first-order valence-electron chi connectivity index (χ1n) is 6.40. The molecule has 0 aliphatic carbocycles. The van der Waals surface area contributed by atoms with Gasteiger partial charge in [-0.05, 0) is 36.7 Å². The summed E-state index contributed by atoms with van der Waals surface area (Å²) in [6, 6.07) is 7.10. The molecule has 3 nitrogen and oxygen atoms in total. The lowest BCUT2D eigenvalue weighted by molar-refractivity contribution is -0.137. The molecule has 0 saturated heterocycles. The van der Waals surface area contributed by atoms with Crippen LogP contribution in [0.15, 0.2) is 42.7 Å². The maximum absolute atomic E-state index is 12.4. The number of aromatic nitrogens is 2. The predicted molar refractivity (Wildman–Crippen MR) is 70.0 cm³/mol. The summed E-state index contributed by atoms with van der Waals surface area (Å²) in [5, 5.41) is 7.29. The monoisotopic (exact) mass is 283 g/mol. The Balaban J connectivity index is 1.69. The second kappa shape index (κ2) is 6.56. The Morgan fingerprint density at radius 2 is 1.90 bits per heavy atom. The normalized spacial score (nSPS) is 11.8. The summed E-state index contributed by atoms with van der Waals surface area (Å²) in [6.07, 6.45) is 0.281. The summed E-state index contributed by atoms with van der Waals surface area (Å²) in [4.78, 5) is 0. The Bertz CT molecular complexity index is 503. The van der Waals surface area contributed by atoms with Crippen molar-refractivity contribution in [2.45, 2.75) is 25.7 Å². The van der Waals surface area contributed by atoms with E-state index in [-0.39, 0.29) is 0 Å². The van der Waals surface area contributed by atoms with Crippen LogP contribution in [0.25, 0.3) is 0 Å². The molecule has 1 aromatic heterocycles. The maximum atomic E-state index is 12.4. The molecule has 0 unspecified atom stereocenters. The van der Waals surface area contributed by atoms with Gasteiger partial charge in [-0.1, -0.05) is 12.1 Å². The Morgan fingerprint density at radius 1 is 1.15 bits per heavy atom. The Kier molecular flexibility index (Phi) is 4.79. The van der Waals surface area contributed by atoms with Crippen LogP contribution in [0.2, 0.25) is 0 Å². The molecule has 0 aliphatic rings. The first-order chi connectivity index (χ1) is 9.55. The van der Waals surface area contributed by atoms with E-state index in [1.54, 1.807) is 6.20 Å². The van der Waals surface area contributed by atoms with Crippen LogP contribution in [0.3, 0.4) is 0 Å². The van der Waals surface area contributed by atoms with E-state index >= 15 is 0 Å². The van der Waals surface area contributed by atoms with Gasteiger partial charge in [-0.2, -0.15) is 18.3 Å². The van der Waals surface area contributed by atoms with E-state index in [1.165, 1.54) is 12.1 Å². The third-order valence-electron chi connectivity index (χ3n) is 2.91. The summed E-state index contributed by atoms with van der Waals surface area (Å²) < 4.78 is 39.0. The van der Waals surface area contributed by atoms with Crippen molar-refractivity contribution in [3.8, 4) is 0 Å². The number of halogens is 3. The first-order valence-corrected chi connectivity index (χ1v) is 6.40. The number of hydrogen-bond donors (Lipinski definition) is 1. The zero-order valence-corrected chi connectivity index (χ0v) is 10.9. The minimum atomic E-state index is -4.27. The van der Waals surface area contributed by atoms with Gasteiger partial charge in [-0.25, -0.2) is 0 Å². The van der Waals surface area contributed by atoms with Crippen molar-refractivity contribution < 1.29 is 13.2 Å². The van der Waals surface area contributed by atoms with Crippen LogP contribution in [0.5, 0.6) is 0 Å². The number of hydrogen-bond acceptors (Lipinski definition) is 2. The molecule has 0 bridgehead atoms. The van der Waals surface area contributed by atoms with E-state index in [0.717, 1.165) is 37.2 Å². The number of benzene rings is 1. The Labute approximate surface area is 115 Å². The smallest absolute Gasteiger partial charge is 0.313 e. The van der Waals surface area contributed by atoms with Crippen LogP contribution in [0, 0.1) is 0 Å². The average molecular weight is 283 g/mol. The lowest BCUT2D eigenvalue weighted by Gasteiger charge is -2.08. The number of nitrogens with one attached hydrogen (secondary N) is 1. The number of aryl methyl sites for hydroxylation is 1. The van der Waals surface area contributed by atoms with Gasteiger partial charge in [0.2, 0.25) is 0 Å². The third kappa shape index (κ3) is 4.38. The fourth-order valence-corrected chi connectivity index (χ4v) is 1.84. The highest BCUT2D eigenvalue weighted by molar-refractivity contribution is 5.24. The molecule has 0 spiro atoms. The van der Waals surface area contributed by atoms with Gasteiger partial charge < -0.3 is 5.32 Å². The van der Waals surface area contributed by atoms with Crippen molar-refractivity contribution in [3.05, 3.63) is 53.9 Å². The van der Waals surface area contributed by atoms with E-state index in [9.17, 15) is 13.2 Å². The molecule has 1 heterocycles. The largest absolute Gasteiger partial charge is 0.416 e. The Morgan fingerprint density at radius 3 is 2.50 bits per heavy atom. The molecule has 0 aliphatic heterocycles. The minimum absolute atomic E-state index is 0.567. The molecule has 2 rings (SSSR count). The van der Waals surface area contributed by atoms with Gasteiger partial charge >= 0.3 is 6.18 Å². The zero-order valence-electron chi connectivity index (χ0n) is 10.9. The molecule has 0 saturated carbocycles. The predicted octanol–water partition coefficient (Wildman–Crippen LogP) is 3.08. The molecule has 1 N–H and O–H groups in total. The fourth-order valence-electron chi connectivity index (χ4n) is 1.84. The Hall–Kier alpha value is -1.82. The molecule has 1 aromatic carbocycles. The summed E-state index contributed by atoms with van der Waals surface area (Å²) in [6.45, 7) is 2.19. The molecule has 0 radical (unpaired) electrons. The van der Waals surface area contributed by atoms with Crippen LogP contribution in [-0.4, -0.2) is 16.3 Å². The van der Waals surface area contributed by atoms with Gasteiger partial charge in [-0.15, -0.1) is 0 Å². The average Bonchev–Trinajstić information content (AvgIpc) is 2.91. The van der Waals surface area contributed by atoms with Crippen molar-refractivity contribution >= 4 is 0 Å². The van der Waals surface area contributed by atoms with E-state index in [2.05, 4.69) is 10.4 Å². The van der Waals surface area contributed by atoms with Crippen LogP contribution < -0.4 is 5.32 Å². The number of rotatable bonds is 6. The second-order valence-electron chi connectivity index (χ2n) is 4.49. The third-order valence-corrected chi connectivity index (χ3v) is 2.91. The molecule has 2 aromatic rings. The molecule has 0 atom stereocenters. The zero-order chi connectivity index (χ0) is 14.4. The standard InChI is InChI=1S/C14H16F3N3/c15-14(16,17)13-5-3-12(4-6-13)11-18-7-1-9-20-10-2-8-19-20/h2-6,8,10,18H,1,7,9,11H2. The molecule has 6 heteroatoms. The highest BCUT2D eigenvalue weighted by atomic mass is 19.4. The van der Waals surface area contributed by atoms with Crippen molar-refractivity contribution in [1.82, 2.24) is 15.1 Å². The highest BCUT2D eigenvalue weighted by Crippen LogP contribution is 2.28. The van der Waals surface area contributed by atoms with Gasteiger partial charge in [0.1, 0.15) is 0 Å². The fraction of sp³-hybridized carbons (Fsp3) is 0.357. The number of nitrogens with zero attached hydrogens (tertiary/aromatic N) is 2. The van der Waals surface area contributed by atoms with Gasteiger partial charge in [0.25, 0.3) is 0 Å². The van der Waals surface area contributed by atoms with Crippen LogP contribution >= 0.6 is 0 Å². The summed E-state index contributed by atoms with van der Waals surface area (Å²) >= 11 is 0. The lowest BCUT2D eigenvalue weighted by atomic mass is 10.1. The van der Waals surface area contributed by atoms with E-state index in [4.69, 9.17) is 0 Å². The minimum Gasteiger partial charge on any atom is -0.313 e. The van der Waals surface area contributed by atoms with Gasteiger partial charge in [-0.3, -0.25) is 4.68 Å². The molecular weight excluding hydrogens is 267 g/mol. The van der Waals surface area contributed by atoms with Crippen LogP contribution in [0.1, 0.15) is 17.5 Å². The lowest BCUT2D eigenvalue weighted by Crippen LogP contribution is -2.16. The van der Waals surface area contributed by atoms with Crippen molar-refractivity contribution in [3.63, 3.8) is 0 Å². The quantitative estimate of drug-likeness (QED) is 0.826. The number of alkyl halides is 3. The summed E-state index contributed by atoms with van der Waals surface area (Å²) in [7, 11) is 0.